The number of hydrogen-bond acceptors (Lipinski definition) is 5. The molecular formula is C12H11N3S2. The third-order valence-electron chi connectivity index (χ3n) is 2.56. The van der Waals surface area contributed by atoms with Gasteiger partial charge in [0.25, 0.3) is 0 Å². The Morgan fingerprint density at radius 1 is 1.29 bits per heavy atom. The highest BCUT2D eigenvalue weighted by atomic mass is 32.1. The summed E-state index contributed by atoms with van der Waals surface area (Å²) in [7, 11) is 0. The summed E-state index contributed by atoms with van der Waals surface area (Å²) in [4.78, 5) is 8.81. The van der Waals surface area contributed by atoms with Crippen LogP contribution in [-0.2, 0) is 6.42 Å². The molecule has 0 radical (unpaired) electrons. The molecular weight excluding hydrogens is 250 g/mol. The molecule has 0 saturated carbocycles. The highest BCUT2D eigenvalue weighted by Crippen LogP contribution is 2.25. The number of para-hydroxylation sites is 1. The molecule has 2 heterocycles. The summed E-state index contributed by atoms with van der Waals surface area (Å²) in [5.74, 6) is 0. The Morgan fingerprint density at radius 2 is 2.18 bits per heavy atom. The van der Waals surface area contributed by atoms with Gasteiger partial charge in [-0.05, 0) is 12.1 Å². The Balaban J connectivity index is 1.85. The van der Waals surface area contributed by atoms with Crippen molar-refractivity contribution in [1.82, 2.24) is 9.97 Å². The SMILES string of the molecule is NC(Cc1nc2ccccc2s1)c1cscn1. The minimum Gasteiger partial charge on any atom is -0.322 e. The molecule has 0 bridgehead atoms. The van der Waals surface area contributed by atoms with Crippen LogP contribution in [0.25, 0.3) is 10.2 Å². The Kier molecular flexibility index (Phi) is 2.88. The molecule has 3 aromatic rings. The van der Waals surface area contributed by atoms with Crippen LogP contribution in [0.2, 0.25) is 0 Å². The van der Waals surface area contributed by atoms with E-state index in [9.17, 15) is 0 Å². The van der Waals surface area contributed by atoms with Crippen LogP contribution in [-0.4, -0.2) is 9.97 Å². The van der Waals surface area contributed by atoms with E-state index in [2.05, 4.69) is 16.0 Å². The van der Waals surface area contributed by atoms with Crippen LogP contribution in [0.4, 0.5) is 0 Å². The van der Waals surface area contributed by atoms with Crippen molar-refractivity contribution < 1.29 is 0 Å². The summed E-state index contributed by atoms with van der Waals surface area (Å²) in [6, 6.07) is 8.10. The Hall–Kier alpha value is -1.30. The van der Waals surface area contributed by atoms with Crippen LogP contribution >= 0.6 is 22.7 Å². The predicted molar refractivity (Wildman–Crippen MR) is 72.4 cm³/mol. The molecule has 0 amide bonds. The van der Waals surface area contributed by atoms with Crippen molar-refractivity contribution in [3.05, 3.63) is 45.9 Å². The Morgan fingerprint density at radius 3 is 2.94 bits per heavy atom. The number of hydrogen-bond donors (Lipinski definition) is 1. The maximum atomic E-state index is 6.10. The monoisotopic (exact) mass is 261 g/mol. The lowest BCUT2D eigenvalue weighted by molar-refractivity contribution is 0.699. The smallest absolute Gasteiger partial charge is 0.0958 e. The van der Waals surface area contributed by atoms with Crippen molar-refractivity contribution in [2.45, 2.75) is 12.5 Å². The summed E-state index contributed by atoms with van der Waals surface area (Å²) in [6.07, 6.45) is 0.753. The lowest BCUT2D eigenvalue weighted by atomic mass is 10.2. The van der Waals surface area contributed by atoms with Gasteiger partial charge in [-0.25, -0.2) is 9.97 Å². The van der Waals surface area contributed by atoms with Crippen molar-refractivity contribution in [3.63, 3.8) is 0 Å². The van der Waals surface area contributed by atoms with Crippen molar-refractivity contribution in [2.24, 2.45) is 5.73 Å². The molecule has 17 heavy (non-hydrogen) atoms. The van der Waals surface area contributed by atoms with E-state index in [1.165, 1.54) is 4.70 Å². The zero-order chi connectivity index (χ0) is 11.7. The van der Waals surface area contributed by atoms with E-state index in [1.807, 2.05) is 29.1 Å². The number of thiazole rings is 2. The molecule has 86 valence electrons. The molecule has 2 aromatic heterocycles. The number of rotatable bonds is 3. The van der Waals surface area contributed by atoms with Crippen LogP contribution in [0, 0.1) is 0 Å². The largest absolute Gasteiger partial charge is 0.322 e. The number of benzene rings is 1. The third-order valence-corrected chi connectivity index (χ3v) is 4.23. The van der Waals surface area contributed by atoms with Gasteiger partial charge in [-0.15, -0.1) is 22.7 Å². The second-order valence-electron chi connectivity index (χ2n) is 3.80. The molecule has 0 fully saturated rings. The molecule has 1 aromatic carbocycles. The first kappa shape index (κ1) is 10.8. The van der Waals surface area contributed by atoms with Crippen molar-refractivity contribution in [2.75, 3.05) is 0 Å². The van der Waals surface area contributed by atoms with Gasteiger partial charge in [0.1, 0.15) is 0 Å². The van der Waals surface area contributed by atoms with E-state index in [-0.39, 0.29) is 6.04 Å². The van der Waals surface area contributed by atoms with Crippen LogP contribution in [0.1, 0.15) is 16.7 Å². The van der Waals surface area contributed by atoms with Crippen LogP contribution in [0.15, 0.2) is 35.2 Å². The van der Waals surface area contributed by atoms with Crippen LogP contribution < -0.4 is 5.73 Å². The van der Waals surface area contributed by atoms with Gasteiger partial charge in [0.2, 0.25) is 0 Å². The van der Waals surface area contributed by atoms with Crippen LogP contribution in [0.5, 0.6) is 0 Å². The van der Waals surface area contributed by atoms with E-state index in [4.69, 9.17) is 5.73 Å². The van der Waals surface area contributed by atoms with Gasteiger partial charge < -0.3 is 5.73 Å². The van der Waals surface area contributed by atoms with E-state index in [0.29, 0.717) is 0 Å². The quantitative estimate of drug-likeness (QED) is 0.788. The van der Waals surface area contributed by atoms with Gasteiger partial charge in [-0.3, -0.25) is 0 Å². The maximum absolute atomic E-state index is 6.10. The normalized spacial score (nSPS) is 13.0. The highest BCUT2D eigenvalue weighted by molar-refractivity contribution is 7.18. The summed E-state index contributed by atoms with van der Waals surface area (Å²) < 4.78 is 1.22. The van der Waals surface area contributed by atoms with Crippen molar-refractivity contribution >= 4 is 32.9 Å². The van der Waals surface area contributed by atoms with E-state index >= 15 is 0 Å². The lowest BCUT2D eigenvalue weighted by Crippen LogP contribution is -2.13. The molecule has 0 aliphatic heterocycles. The van der Waals surface area contributed by atoms with Gasteiger partial charge in [0.05, 0.1) is 32.5 Å². The second kappa shape index (κ2) is 4.52. The molecule has 2 N–H and O–H groups in total. The fraction of sp³-hybridized carbons (Fsp3) is 0.167. The first-order valence-corrected chi connectivity index (χ1v) is 7.07. The second-order valence-corrected chi connectivity index (χ2v) is 5.63. The number of nitrogens with zero attached hydrogens (tertiary/aromatic N) is 2. The fourth-order valence-corrected chi connectivity index (χ4v) is 3.35. The average Bonchev–Trinajstić information content (AvgIpc) is 2.97. The van der Waals surface area contributed by atoms with Gasteiger partial charge in [0.15, 0.2) is 0 Å². The highest BCUT2D eigenvalue weighted by Gasteiger charge is 2.12. The molecule has 3 rings (SSSR count). The van der Waals surface area contributed by atoms with Gasteiger partial charge >= 0.3 is 0 Å². The number of aromatic nitrogens is 2. The Bertz CT molecular complexity index is 583. The minimum absolute atomic E-state index is 0.0539. The molecule has 3 nitrogen and oxygen atoms in total. The zero-order valence-electron chi connectivity index (χ0n) is 9.04. The number of fused-ring (bicyclic) bond motifs is 1. The van der Waals surface area contributed by atoms with Crippen LogP contribution in [0.3, 0.4) is 0 Å². The van der Waals surface area contributed by atoms with E-state index < -0.39 is 0 Å². The topological polar surface area (TPSA) is 51.8 Å². The standard InChI is InChI=1S/C12H11N3S2/c13-8(10-6-16-7-14-10)5-12-15-9-3-1-2-4-11(9)17-12/h1-4,6-8H,5,13H2. The third kappa shape index (κ3) is 2.22. The molecule has 1 unspecified atom stereocenters. The van der Waals surface area contributed by atoms with Gasteiger partial charge in [-0.1, -0.05) is 12.1 Å². The lowest BCUT2D eigenvalue weighted by Gasteiger charge is -2.05. The zero-order valence-corrected chi connectivity index (χ0v) is 10.7. The fourth-order valence-electron chi connectivity index (χ4n) is 1.70. The predicted octanol–water partition coefficient (Wildman–Crippen LogP) is 3.00. The molecule has 1 atom stereocenters. The minimum atomic E-state index is -0.0539. The summed E-state index contributed by atoms with van der Waals surface area (Å²) in [5.41, 5.74) is 9.92. The summed E-state index contributed by atoms with van der Waals surface area (Å²) >= 11 is 3.28. The van der Waals surface area contributed by atoms with Gasteiger partial charge in [0, 0.05) is 11.8 Å². The molecule has 0 aliphatic rings. The molecule has 0 aliphatic carbocycles. The first-order valence-electron chi connectivity index (χ1n) is 5.31. The van der Waals surface area contributed by atoms with Crippen molar-refractivity contribution in [3.8, 4) is 0 Å². The van der Waals surface area contributed by atoms with Gasteiger partial charge in [-0.2, -0.15) is 0 Å². The number of nitrogens with two attached hydrogens (primary N) is 1. The van der Waals surface area contributed by atoms with E-state index in [0.717, 1.165) is 22.6 Å². The maximum Gasteiger partial charge on any atom is 0.0958 e. The molecule has 0 saturated heterocycles. The average molecular weight is 261 g/mol. The summed E-state index contributed by atoms with van der Waals surface area (Å²) in [5, 5.41) is 3.07. The Labute approximate surface area is 107 Å². The van der Waals surface area contributed by atoms with E-state index in [1.54, 1.807) is 22.7 Å². The summed E-state index contributed by atoms with van der Waals surface area (Å²) in [6.45, 7) is 0. The molecule has 5 heteroatoms. The van der Waals surface area contributed by atoms with Crippen molar-refractivity contribution in [1.29, 1.82) is 0 Å². The first-order chi connectivity index (χ1) is 8.33. The molecule has 0 spiro atoms.